The number of hydrogen-bond donors (Lipinski definition) is 2. The molecule has 1 aromatic carbocycles. The van der Waals surface area contributed by atoms with Crippen molar-refractivity contribution in [1.29, 1.82) is 0 Å². The molecule has 2 saturated heterocycles. The first kappa shape index (κ1) is 26.9. The second kappa shape index (κ2) is 11.3. The Kier molecular flexibility index (Phi) is 7.61. The molecule has 3 aliphatic heterocycles. The number of amides is 3. The van der Waals surface area contributed by atoms with Gasteiger partial charge in [-0.1, -0.05) is 12.1 Å². The zero-order valence-electron chi connectivity index (χ0n) is 23.1. The maximum absolute atomic E-state index is 11.6. The van der Waals surface area contributed by atoms with Crippen molar-refractivity contribution in [2.45, 2.75) is 64.3 Å². The van der Waals surface area contributed by atoms with Crippen molar-refractivity contribution in [3.8, 4) is 5.75 Å². The minimum atomic E-state index is -0.318. The van der Waals surface area contributed by atoms with Gasteiger partial charge in [-0.05, 0) is 56.4 Å². The zero-order chi connectivity index (χ0) is 27.7. The second-order valence-electron chi connectivity index (χ2n) is 11.4. The van der Waals surface area contributed by atoms with Gasteiger partial charge in [-0.25, -0.2) is 14.8 Å². The molecule has 10 nitrogen and oxygen atoms in total. The lowest BCUT2D eigenvalue weighted by molar-refractivity contribution is -0.118. The maximum atomic E-state index is 11.6. The number of aromatic nitrogens is 2. The van der Waals surface area contributed by atoms with Crippen molar-refractivity contribution in [3.63, 3.8) is 0 Å². The van der Waals surface area contributed by atoms with E-state index in [0.717, 1.165) is 55.3 Å². The van der Waals surface area contributed by atoms with E-state index in [1.54, 1.807) is 17.7 Å². The van der Waals surface area contributed by atoms with Gasteiger partial charge in [-0.3, -0.25) is 15.0 Å². The Morgan fingerprint density at radius 1 is 1.18 bits per heavy atom. The van der Waals surface area contributed by atoms with E-state index in [4.69, 9.17) is 9.47 Å². The number of rotatable bonds is 9. The summed E-state index contributed by atoms with van der Waals surface area (Å²) >= 11 is 1.73. The molecule has 3 aromatic rings. The summed E-state index contributed by atoms with van der Waals surface area (Å²) in [5.74, 6) is 1.53. The molecule has 0 bridgehead atoms. The average molecular weight is 565 g/mol. The molecule has 6 rings (SSSR count). The van der Waals surface area contributed by atoms with Crippen LogP contribution in [0, 0.1) is 0 Å². The highest BCUT2D eigenvalue weighted by Crippen LogP contribution is 2.40. The number of ether oxygens (including phenoxy) is 2. The lowest BCUT2D eigenvalue weighted by Crippen LogP contribution is -2.38. The highest BCUT2D eigenvalue weighted by Gasteiger charge is 2.31. The summed E-state index contributed by atoms with van der Waals surface area (Å²) in [5.41, 5.74) is 2.44. The van der Waals surface area contributed by atoms with Gasteiger partial charge in [0, 0.05) is 43.5 Å². The van der Waals surface area contributed by atoms with Crippen molar-refractivity contribution in [2.24, 2.45) is 0 Å². The molecule has 11 heteroatoms. The third-order valence-electron chi connectivity index (χ3n) is 7.83. The van der Waals surface area contributed by atoms with Gasteiger partial charge in [-0.15, -0.1) is 11.3 Å². The number of carbonyl (C=O) groups excluding carboxylic acids is 2. The SMILES string of the molecule is CC1(C)Cc2c(sc3ncnc(NC4CCN(Cc5ccc(OCCCN6CC(=O)NC6=O)cc5)CC4)c23)CO1. The highest BCUT2D eigenvalue weighted by molar-refractivity contribution is 7.18. The fraction of sp³-hybridized carbons (Fsp3) is 0.517. The van der Waals surface area contributed by atoms with Crippen LogP contribution in [0.15, 0.2) is 30.6 Å². The zero-order valence-corrected chi connectivity index (χ0v) is 23.9. The molecule has 0 aliphatic carbocycles. The van der Waals surface area contributed by atoms with Crippen LogP contribution >= 0.6 is 11.3 Å². The molecule has 0 radical (unpaired) electrons. The molecule has 3 amide bonds. The molecule has 2 fully saturated rings. The predicted octanol–water partition coefficient (Wildman–Crippen LogP) is 3.94. The molecule has 3 aliphatic rings. The average Bonchev–Trinajstić information content (AvgIpc) is 3.46. The van der Waals surface area contributed by atoms with Crippen LogP contribution < -0.4 is 15.4 Å². The normalized spacial score (nSPS) is 19.6. The highest BCUT2D eigenvalue weighted by atomic mass is 32.1. The number of fused-ring (bicyclic) bond motifs is 3. The van der Waals surface area contributed by atoms with Gasteiger partial charge in [-0.2, -0.15) is 0 Å². The summed E-state index contributed by atoms with van der Waals surface area (Å²) in [7, 11) is 0. The van der Waals surface area contributed by atoms with Crippen LogP contribution in [0.2, 0.25) is 0 Å². The van der Waals surface area contributed by atoms with Gasteiger partial charge >= 0.3 is 6.03 Å². The molecular formula is C29H36N6O4S. The van der Waals surface area contributed by atoms with Crippen LogP contribution in [0.3, 0.4) is 0 Å². The van der Waals surface area contributed by atoms with Crippen molar-refractivity contribution < 1.29 is 19.1 Å². The van der Waals surface area contributed by atoms with E-state index in [9.17, 15) is 9.59 Å². The molecule has 5 heterocycles. The number of hydrogen-bond acceptors (Lipinski definition) is 9. The van der Waals surface area contributed by atoms with Gasteiger partial charge in [0.15, 0.2) is 0 Å². The third-order valence-corrected chi connectivity index (χ3v) is 8.95. The Balaban J connectivity index is 0.969. The van der Waals surface area contributed by atoms with Crippen LogP contribution in [-0.2, 0) is 29.1 Å². The van der Waals surface area contributed by atoms with E-state index in [-0.39, 0.29) is 24.1 Å². The number of carbonyl (C=O) groups is 2. The van der Waals surface area contributed by atoms with E-state index >= 15 is 0 Å². The van der Waals surface area contributed by atoms with Crippen LogP contribution in [0.1, 0.15) is 49.1 Å². The summed E-state index contributed by atoms with van der Waals surface area (Å²) < 4.78 is 11.9. The molecule has 2 aromatic heterocycles. The van der Waals surface area contributed by atoms with Gasteiger partial charge in [0.25, 0.3) is 0 Å². The van der Waals surface area contributed by atoms with Crippen molar-refractivity contribution >= 4 is 39.3 Å². The number of benzene rings is 1. The van der Waals surface area contributed by atoms with Crippen LogP contribution in [0.25, 0.3) is 10.2 Å². The van der Waals surface area contributed by atoms with Gasteiger partial charge in [0.1, 0.15) is 29.3 Å². The molecular weight excluding hydrogens is 528 g/mol. The topological polar surface area (TPSA) is 109 Å². The monoisotopic (exact) mass is 564 g/mol. The maximum Gasteiger partial charge on any atom is 0.324 e. The van der Waals surface area contributed by atoms with Crippen molar-refractivity contribution in [3.05, 3.63) is 46.6 Å². The third kappa shape index (κ3) is 6.06. The number of anilines is 1. The van der Waals surface area contributed by atoms with Crippen molar-refractivity contribution in [1.82, 2.24) is 25.1 Å². The van der Waals surface area contributed by atoms with E-state index in [2.05, 4.69) is 51.5 Å². The van der Waals surface area contributed by atoms with E-state index in [1.165, 1.54) is 26.3 Å². The van der Waals surface area contributed by atoms with Gasteiger partial charge < -0.3 is 19.7 Å². The van der Waals surface area contributed by atoms with Crippen LogP contribution in [0.5, 0.6) is 5.75 Å². The number of nitrogens with one attached hydrogen (secondary N) is 2. The van der Waals surface area contributed by atoms with Crippen molar-refractivity contribution in [2.75, 3.05) is 38.1 Å². The predicted molar refractivity (Wildman–Crippen MR) is 154 cm³/mol. The number of nitrogens with zero attached hydrogens (tertiary/aromatic N) is 4. The molecule has 40 heavy (non-hydrogen) atoms. The fourth-order valence-corrected chi connectivity index (χ4v) is 6.74. The largest absolute Gasteiger partial charge is 0.494 e. The first-order valence-corrected chi connectivity index (χ1v) is 14.8. The lowest BCUT2D eigenvalue weighted by Gasteiger charge is -2.33. The summed E-state index contributed by atoms with van der Waals surface area (Å²) in [6.45, 7) is 9.05. The summed E-state index contributed by atoms with van der Waals surface area (Å²) in [6.07, 6.45) is 5.36. The number of imide groups is 1. The molecule has 2 N–H and O–H groups in total. The number of piperidine rings is 1. The Labute approximate surface area is 238 Å². The Morgan fingerprint density at radius 3 is 2.73 bits per heavy atom. The summed E-state index contributed by atoms with van der Waals surface area (Å²) in [6, 6.07) is 8.32. The smallest absolute Gasteiger partial charge is 0.324 e. The second-order valence-corrected chi connectivity index (χ2v) is 12.5. The van der Waals surface area contributed by atoms with Crippen LogP contribution in [-0.4, -0.2) is 76.1 Å². The standard InChI is InChI=1S/C29H36N6O4S/c1-29(2)14-22-23(17-39-29)40-27-25(22)26(30-18-31-27)32-20-8-11-34(12-9-20)15-19-4-6-21(7-5-19)38-13-3-10-35-16-24(36)33-28(35)37/h4-7,18,20H,3,8-17H2,1-2H3,(H,30,31,32)(H,33,36,37). The first-order chi connectivity index (χ1) is 19.3. The Morgan fingerprint density at radius 2 is 1.98 bits per heavy atom. The van der Waals surface area contributed by atoms with Crippen LogP contribution in [0.4, 0.5) is 10.6 Å². The molecule has 0 saturated carbocycles. The lowest BCUT2D eigenvalue weighted by atomic mass is 9.94. The molecule has 212 valence electrons. The van der Waals surface area contributed by atoms with E-state index in [0.29, 0.717) is 32.2 Å². The molecule has 0 spiro atoms. The van der Waals surface area contributed by atoms with Gasteiger partial charge in [0.05, 0.1) is 24.2 Å². The Bertz CT molecular complexity index is 1380. The number of likely N-dealkylation sites (tertiary alicyclic amines) is 1. The van der Waals surface area contributed by atoms with E-state index in [1.807, 2.05) is 12.1 Å². The molecule has 0 unspecified atom stereocenters. The fourth-order valence-electron chi connectivity index (χ4n) is 5.67. The number of urea groups is 1. The minimum Gasteiger partial charge on any atom is -0.494 e. The summed E-state index contributed by atoms with van der Waals surface area (Å²) in [4.78, 5) is 38.4. The van der Waals surface area contributed by atoms with E-state index < -0.39 is 0 Å². The molecule has 0 atom stereocenters. The first-order valence-electron chi connectivity index (χ1n) is 14.0. The minimum absolute atomic E-state index is 0.135. The Hall–Kier alpha value is -3.28. The van der Waals surface area contributed by atoms with Gasteiger partial charge in [0.2, 0.25) is 5.91 Å². The summed E-state index contributed by atoms with van der Waals surface area (Å²) in [5, 5.41) is 7.22. The quantitative estimate of drug-likeness (QED) is 0.297. The number of thiophene rings is 1.